The molecule has 0 saturated heterocycles. The van der Waals surface area contributed by atoms with Gasteiger partial charge in [0, 0.05) is 28.7 Å². The van der Waals surface area contributed by atoms with Crippen molar-refractivity contribution in [1.29, 1.82) is 0 Å². The van der Waals surface area contributed by atoms with E-state index >= 15 is 0 Å². The van der Waals surface area contributed by atoms with Crippen LogP contribution < -0.4 is 5.32 Å². The van der Waals surface area contributed by atoms with Crippen molar-refractivity contribution in [2.45, 2.75) is 32.1 Å². The molecule has 0 aliphatic rings. The maximum Gasteiger partial charge on any atom is 0.316 e. The fourth-order valence-corrected chi connectivity index (χ4v) is 3.37. The van der Waals surface area contributed by atoms with Gasteiger partial charge in [-0.2, -0.15) is 0 Å². The van der Waals surface area contributed by atoms with E-state index in [9.17, 15) is 14.4 Å². The average Bonchev–Trinajstić information content (AvgIpc) is 3.31. The van der Waals surface area contributed by atoms with Crippen molar-refractivity contribution in [2.75, 3.05) is 11.1 Å². The van der Waals surface area contributed by atoms with Crippen LogP contribution in [0.3, 0.4) is 0 Å². The number of amides is 1. The summed E-state index contributed by atoms with van der Waals surface area (Å²) in [5.41, 5.74) is 1.32. The molecule has 29 heavy (non-hydrogen) atoms. The van der Waals surface area contributed by atoms with Crippen molar-refractivity contribution in [3.8, 4) is 0 Å². The molecule has 8 nitrogen and oxygen atoms in total. The summed E-state index contributed by atoms with van der Waals surface area (Å²) >= 11 is 1.11. The Bertz CT molecular complexity index is 1040. The number of aryl methyl sites for hydroxylation is 1. The van der Waals surface area contributed by atoms with Crippen molar-refractivity contribution in [2.24, 2.45) is 0 Å². The number of benzene rings is 1. The van der Waals surface area contributed by atoms with Crippen molar-refractivity contribution < 1.29 is 23.6 Å². The number of fused-ring (bicyclic) bond motifs is 1. The quantitative estimate of drug-likeness (QED) is 0.428. The lowest BCUT2D eigenvalue weighted by molar-refractivity contribution is -0.143. The van der Waals surface area contributed by atoms with Crippen LogP contribution in [0.15, 0.2) is 41.1 Å². The number of rotatable bonds is 8. The monoisotopic (exact) mass is 415 g/mol. The minimum atomic E-state index is -0.926. The average molecular weight is 415 g/mol. The zero-order valence-corrected chi connectivity index (χ0v) is 17.0. The first-order valence-corrected chi connectivity index (χ1v) is 10.1. The number of esters is 1. The van der Waals surface area contributed by atoms with Crippen molar-refractivity contribution >= 4 is 46.1 Å². The number of thioether (sulfide) groups is 1. The molecule has 0 aliphatic carbocycles. The van der Waals surface area contributed by atoms with Gasteiger partial charge in [0.25, 0.3) is 0 Å². The third kappa shape index (κ3) is 5.05. The number of hydrogen-bond donors (Lipinski definition) is 2. The molecular weight excluding hydrogens is 394 g/mol. The molecule has 1 amide bonds. The van der Waals surface area contributed by atoms with Gasteiger partial charge in [0.15, 0.2) is 11.9 Å². The predicted molar refractivity (Wildman–Crippen MR) is 110 cm³/mol. The Hall–Kier alpha value is -3.07. The molecule has 3 aromatic rings. The highest BCUT2D eigenvalue weighted by atomic mass is 32.2. The van der Waals surface area contributed by atoms with Gasteiger partial charge in [-0.3, -0.25) is 14.4 Å². The van der Waals surface area contributed by atoms with Gasteiger partial charge in [0.2, 0.25) is 11.7 Å². The number of nitrogens with one attached hydrogen (secondary N) is 2. The molecular formula is C20H21N3O5S. The van der Waals surface area contributed by atoms with Crippen LogP contribution in [0.2, 0.25) is 0 Å². The van der Waals surface area contributed by atoms with E-state index in [-0.39, 0.29) is 17.4 Å². The van der Waals surface area contributed by atoms with Crippen LogP contribution in [-0.4, -0.2) is 44.9 Å². The third-order valence-electron chi connectivity index (χ3n) is 4.23. The van der Waals surface area contributed by atoms with E-state index in [1.54, 1.807) is 26.1 Å². The highest BCUT2D eigenvalue weighted by Gasteiger charge is 2.23. The smallest absolute Gasteiger partial charge is 0.316 e. The summed E-state index contributed by atoms with van der Waals surface area (Å²) in [5, 5.41) is 6.56. The fourth-order valence-electron chi connectivity index (χ4n) is 2.70. The maximum absolute atomic E-state index is 12.6. The Morgan fingerprint density at radius 3 is 2.76 bits per heavy atom. The van der Waals surface area contributed by atoms with Gasteiger partial charge in [0.05, 0.1) is 11.0 Å². The summed E-state index contributed by atoms with van der Waals surface area (Å²) in [6, 6.07) is 9.01. The first-order chi connectivity index (χ1) is 13.8. The summed E-state index contributed by atoms with van der Waals surface area (Å²) in [5.74, 6) is -0.309. The summed E-state index contributed by atoms with van der Waals surface area (Å²) < 4.78 is 10.1. The molecule has 2 aromatic heterocycles. The number of ether oxygens (including phenoxy) is 1. The maximum atomic E-state index is 12.6. The van der Waals surface area contributed by atoms with E-state index < -0.39 is 17.3 Å². The molecule has 0 saturated carbocycles. The highest BCUT2D eigenvalue weighted by Crippen LogP contribution is 2.20. The van der Waals surface area contributed by atoms with Gasteiger partial charge in [-0.15, -0.1) is 11.8 Å². The van der Waals surface area contributed by atoms with Gasteiger partial charge in [-0.05, 0) is 26.8 Å². The number of carbonyl (C=O) groups excluding carboxylic acids is 3. The number of aromatic amines is 1. The van der Waals surface area contributed by atoms with Crippen molar-refractivity contribution in [1.82, 2.24) is 10.1 Å². The first kappa shape index (κ1) is 20.7. The first-order valence-electron chi connectivity index (χ1n) is 9.00. The van der Waals surface area contributed by atoms with Crippen molar-refractivity contribution in [3.63, 3.8) is 0 Å². The second-order valence-electron chi connectivity index (χ2n) is 6.51. The molecule has 9 heteroatoms. The van der Waals surface area contributed by atoms with Crippen LogP contribution >= 0.6 is 11.8 Å². The molecule has 2 heterocycles. The van der Waals surface area contributed by atoms with E-state index in [0.717, 1.165) is 22.7 Å². The second-order valence-corrected chi connectivity index (χ2v) is 7.84. The summed E-state index contributed by atoms with van der Waals surface area (Å²) in [4.78, 5) is 39.9. The number of H-pyrrole nitrogens is 1. The Balaban J connectivity index is 1.49. The SMILES string of the molecule is Cc1cc(NC(=O)[C@H](C)SCC(=O)O[C@H](C)C(=O)c2c[nH]c3ccccc23)no1. The minimum absolute atomic E-state index is 0.0576. The number of anilines is 1. The number of para-hydroxylation sites is 1. The van der Waals surface area contributed by atoms with Gasteiger partial charge in [-0.25, -0.2) is 0 Å². The van der Waals surface area contributed by atoms with E-state index in [4.69, 9.17) is 9.26 Å². The fraction of sp³-hybridized carbons (Fsp3) is 0.300. The number of Topliss-reactive ketones (excluding diaryl/α,β-unsaturated/α-hetero) is 1. The van der Waals surface area contributed by atoms with Crippen LogP contribution in [0.5, 0.6) is 0 Å². The number of carbonyl (C=O) groups is 3. The molecule has 1 aromatic carbocycles. The molecule has 0 unspecified atom stereocenters. The standard InChI is InChI=1S/C20H21N3O5S/c1-11-8-17(23-28-11)22-20(26)13(3)29-10-18(24)27-12(2)19(25)15-9-21-16-7-5-4-6-14(15)16/h4-9,12-13,21H,10H2,1-3H3,(H,22,23,26)/t12-,13+/m1/s1. The number of hydrogen-bond acceptors (Lipinski definition) is 7. The lowest BCUT2D eigenvalue weighted by atomic mass is 10.1. The molecule has 0 bridgehead atoms. The van der Waals surface area contributed by atoms with E-state index in [1.165, 1.54) is 6.92 Å². The molecule has 0 aliphatic heterocycles. The summed E-state index contributed by atoms with van der Waals surface area (Å²) in [6.07, 6.45) is 0.689. The zero-order chi connectivity index (χ0) is 21.0. The number of nitrogens with zero attached hydrogens (tertiary/aromatic N) is 1. The Labute approximate surface area is 171 Å². The second kappa shape index (κ2) is 8.95. The molecule has 2 atom stereocenters. The third-order valence-corrected chi connectivity index (χ3v) is 5.35. The Morgan fingerprint density at radius 1 is 1.28 bits per heavy atom. The molecule has 0 spiro atoms. The van der Waals surface area contributed by atoms with E-state index in [0.29, 0.717) is 17.1 Å². The molecule has 2 N–H and O–H groups in total. The van der Waals surface area contributed by atoms with Crippen LogP contribution in [-0.2, 0) is 14.3 Å². The highest BCUT2D eigenvalue weighted by molar-refractivity contribution is 8.01. The molecule has 152 valence electrons. The van der Waals surface area contributed by atoms with Crippen LogP contribution in [0.1, 0.15) is 30.0 Å². The Kier molecular flexibility index (Phi) is 6.38. The normalized spacial score (nSPS) is 13.1. The molecule has 0 radical (unpaired) electrons. The lowest BCUT2D eigenvalue weighted by Gasteiger charge is -2.13. The lowest BCUT2D eigenvalue weighted by Crippen LogP contribution is -2.27. The molecule has 0 fully saturated rings. The van der Waals surface area contributed by atoms with Crippen LogP contribution in [0.25, 0.3) is 10.9 Å². The van der Waals surface area contributed by atoms with E-state index in [2.05, 4.69) is 15.5 Å². The minimum Gasteiger partial charge on any atom is -0.454 e. The summed E-state index contributed by atoms with van der Waals surface area (Å²) in [6.45, 7) is 4.92. The van der Waals surface area contributed by atoms with Gasteiger partial charge < -0.3 is 19.6 Å². The van der Waals surface area contributed by atoms with E-state index in [1.807, 2.05) is 24.3 Å². The van der Waals surface area contributed by atoms with Crippen LogP contribution in [0.4, 0.5) is 5.82 Å². The van der Waals surface area contributed by atoms with Gasteiger partial charge in [0.1, 0.15) is 5.76 Å². The van der Waals surface area contributed by atoms with Crippen molar-refractivity contribution in [3.05, 3.63) is 47.9 Å². The number of aromatic nitrogens is 2. The molecule has 3 rings (SSSR count). The largest absolute Gasteiger partial charge is 0.454 e. The zero-order valence-electron chi connectivity index (χ0n) is 16.2. The number of ketones is 1. The van der Waals surface area contributed by atoms with Crippen LogP contribution in [0, 0.1) is 6.92 Å². The van der Waals surface area contributed by atoms with Gasteiger partial charge >= 0.3 is 5.97 Å². The Morgan fingerprint density at radius 2 is 2.03 bits per heavy atom. The predicted octanol–water partition coefficient (Wildman–Crippen LogP) is 3.34. The van der Waals surface area contributed by atoms with Gasteiger partial charge in [-0.1, -0.05) is 23.4 Å². The summed E-state index contributed by atoms with van der Waals surface area (Å²) in [7, 11) is 0. The topological polar surface area (TPSA) is 114 Å².